The molecule has 18 heavy (non-hydrogen) atoms. The molecule has 98 valence electrons. The lowest BCUT2D eigenvalue weighted by Gasteiger charge is -2.32. The van der Waals surface area contributed by atoms with Gasteiger partial charge in [-0.3, -0.25) is 0 Å². The molecule has 3 atom stereocenters. The largest absolute Gasteiger partial charge is 0.364 e. The predicted octanol–water partition coefficient (Wildman–Crippen LogP) is 1.78. The smallest absolute Gasteiger partial charge is 0.104 e. The maximum atomic E-state index is 5.78. The van der Waals surface area contributed by atoms with E-state index in [1.54, 1.807) is 4.90 Å². The molecule has 0 saturated carbocycles. The predicted molar refractivity (Wildman–Crippen MR) is 75.7 cm³/mol. The molecule has 1 aromatic rings. The minimum atomic E-state index is 0.383. The van der Waals surface area contributed by atoms with E-state index in [1.165, 1.54) is 11.1 Å². The Labute approximate surface area is 110 Å². The highest BCUT2D eigenvalue weighted by Gasteiger charge is 2.25. The van der Waals surface area contributed by atoms with Gasteiger partial charge in [0, 0.05) is 0 Å². The molecule has 0 spiro atoms. The Bertz CT molecular complexity index is 389. The molecule has 2 nitrogen and oxygen atoms in total. The molecule has 0 bridgehead atoms. The van der Waals surface area contributed by atoms with Crippen molar-refractivity contribution < 1.29 is 9.64 Å². The van der Waals surface area contributed by atoms with Crippen molar-refractivity contribution in [1.82, 2.24) is 0 Å². The second-order valence-electron chi connectivity index (χ2n) is 5.49. The van der Waals surface area contributed by atoms with Gasteiger partial charge < -0.3 is 9.64 Å². The Morgan fingerprint density at radius 2 is 1.83 bits per heavy atom. The lowest BCUT2D eigenvalue weighted by molar-refractivity contribution is -0.910. The van der Waals surface area contributed by atoms with E-state index in [1.807, 2.05) is 0 Å². The zero-order chi connectivity index (χ0) is 13.0. The van der Waals surface area contributed by atoms with Gasteiger partial charge in [0.15, 0.2) is 0 Å². The van der Waals surface area contributed by atoms with E-state index in [4.69, 9.17) is 4.74 Å². The van der Waals surface area contributed by atoms with Crippen molar-refractivity contribution >= 4 is 6.08 Å². The molecule has 1 aliphatic rings. The molecule has 1 unspecified atom stereocenters. The highest BCUT2D eigenvalue weighted by molar-refractivity contribution is 5.52. The summed E-state index contributed by atoms with van der Waals surface area (Å²) >= 11 is 0. The molecular formula is C16H24NO+. The number of benzene rings is 1. The number of ether oxygens (including phenoxy) is 1. The average molecular weight is 246 g/mol. The van der Waals surface area contributed by atoms with Gasteiger partial charge in [-0.15, -0.1) is 0 Å². The third kappa shape index (κ3) is 3.97. The summed E-state index contributed by atoms with van der Waals surface area (Å²) in [6.45, 7) is 9.92. The molecule has 1 aliphatic heterocycles. The summed E-state index contributed by atoms with van der Waals surface area (Å²) in [7, 11) is 0. The van der Waals surface area contributed by atoms with Gasteiger partial charge in [-0.2, -0.15) is 0 Å². The Morgan fingerprint density at radius 1 is 1.22 bits per heavy atom. The van der Waals surface area contributed by atoms with Gasteiger partial charge in [0.1, 0.15) is 25.3 Å². The van der Waals surface area contributed by atoms with Gasteiger partial charge in [0.2, 0.25) is 0 Å². The van der Waals surface area contributed by atoms with Crippen LogP contribution in [-0.2, 0) is 4.74 Å². The number of hydrogen-bond donors (Lipinski definition) is 1. The van der Waals surface area contributed by atoms with Gasteiger partial charge in [-0.05, 0) is 31.9 Å². The monoisotopic (exact) mass is 246 g/mol. The number of rotatable bonds is 3. The lowest BCUT2D eigenvalue weighted by Crippen LogP contribution is -3.15. The van der Waals surface area contributed by atoms with Gasteiger partial charge >= 0.3 is 0 Å². The second kappa shape index (κ2) is 6.17. The van der Waals surface area contributed by atoms with E-state index in [-0.39, 0.29) is 0 Å². The maximum Gasteiger partial charge on any atom is 0.104 e. The minimum absolute atomic E-state index is 0.383. The molecule has 0 aliphatic carbocycles. The number of quaternary nitrogens is 1. The van der Waals surface area contributed by atoms with Gasteiger partial charge in [-0.1, -0.05) is 36.4 Å². The highest BCUT2D eigenvalue weighted by atomic mass is 16.5. The van der Waals surface area contributed by atoms with Crippen LogP contribution >= 0.6 is 0 Å². The average Bonchev–Trinajstić information content (AvgIpc) is 2.28. The van der Waals surface area contributed by atoms with Crippen molar-refractivity contribution in [2.45, 2.75) is 33.0 Å². The summed E-state index contributed by atoms with van der Waals surface area (Å²) in [5, 5.41) is 0. The fourth-order valence-corrected chi connectivity index (χ4v) is 2.81. The van der Waals surface area contributed by atoms with Crippen LogP contribution in [0.2, 0.25) is 0 Å². The van der Waals surface area contributed by atoms with Crippen LogP contribution < -0.4 is 4.90 Å². The van der Waals surface area contributed by atoms with Crippen LogP contribution in [0.3, 0.4) is 0 Å². The van der Waals surface area contributed by atoms with Crippen LogP contribution in [0, 0.1) is 0 Å². The molecule has 1 heterocycles. The van der Waals surface area contributed by atoms with Crippen molar-refractivity contribution in [3.05, 3.63) is 41.5 Å². The van der Waals surface area contributed by atoms with E-state index in [0.29, 0.717) is 12.2 Å². The summed E-state index contributed by atoms with van der Waals surface area (Å²) < 4.78 is 5.78. The topological polar surface area (TPSA) is 13.7 Å². The van der Waals surface area contributed by atoms with E-state index < -0.39 is 0 Å². The normalized spacial score (nSPS) is 29.3. The molecule has 1 saturated heterocycles. The van der Waals surface area contributed by atoms with Gasteiger partial charge in [-0.25, -0.2) is 0 Å². The minimum Gasteiger partial charge on any atom is -0.364 e. The van der Waals surface area contributed by atoms with Crippen molar-refractivity contribution in [3.8, 4) is 0 Å². The molecule has 0 radical (unpaired) electrons. The van der Waals surface area contributed by atoms with Gasteiger partial charge in [0.05, 0.1) is 6.54 Å². The molecular weight excluding hydrogens is 222 g/mol. The maximum absolute atomic E-state index is 5.78. The fourth-order valence-electron chi connectivity index (χ4n) is 2.81. The van der Waals surface area contributed by atoms with Crippen LogP contribution in [0.4, 0.5) is 0 Å². The Hall–Kier alpha value is -1.12. The van der Waals surface area contributed by atoms with E-state index in [0.717, 1.165) is 19.6 Å². The second-order valence-corrected chi connectivity index (χ2v) is 5.49. The van der Waals surface area contributed by atoms with E-state index in [2.05, 4.69) is 57.2 Å². The Morgan fingerprint density at radius 3 is 2.44 bits per heavy atom. The number of hydrogen-bond acceptors (Lipinski definition) is 1. The Kier molecular flexibility index (Phi) is 4.56. The third-order valence-electron chi connectivity index (χ3n) is 3.36. The van der Waals surface area contributed by atoms with Crippen LogP contribution in [0.1, 0.15) is 26.3 Å². The van der Waals surface area contributed by atoms with Crippen molar-refractivity contribution in [2.24, 2.45) is 0 Å². The molecule has 2 heteroatoms. The lowest BCUT2D eigenvalue weighted by atomic mass is 10.1. The summed E-state index contributed by atoms with van der Waals surface area (Å²) in [6, 6.07) is 10.5. The van der Waals surface area contributed by atoms with Crippen molar-refractivity contribution in [1.29, 1.82) is 0 Å². The van der Waals surface area contributed by atoms with E-state index in [9.17, 15) is 0 Å². The van der Waals surface area contributed by atoms with Crippen LogP contribution in [0.5, 0.6) is 0 Å². The van der Waals surface area contributed by atoms with Gasteiger partial charge in [0.25, 0.3) is 0 Å². The summed E-state index contributed by atoms with van der Waals surface area (Å²) in [5.74, 6) is 0. The first-order chi connectivity index (χ1) is 8.63. The zero-order valence-electron chi connectivity index (χ0n) is 11.6. The molecule has 0 amide bonds. The van der Waals surface area contributed by atoms with Crippen LogP contribution in [0.25, 0.3) is 6.08 Å². The first kappa shape index (κ1) is 13.3. The van der Waals surface area contributed by atoms with Crippen molar-refractivity contribution in [2.75, 3.05) is 19.6 Å². The standard InChI is InChI=1S/C16H23NO/c1-13(9-16-7-5-4-6-8-16)10-17-11-14(2)18-15(3)12-17/h4-9,14-15H,10-12H2,1-3H3/p+1/b13-9+/t14-,15+. The summed E-state index contributed by atoms with van der Waals surface area (Å²) in [6.07, 6.45) is 3.05. The number of nitrogens with one attached hydrogen (secondary N) is 1. The SMILES string of the molecule is C/C(=C\c1ccccc1)C[NH+]1C[C@@H](C)O[C@@H](C)C1. The van der Waals surface area contributed by atoms with Crippen LogP contribution in [-0.4, -0.2) is 31.8 Å². The molecule has 2 rings (SSSR count). The first-order valence-electron chi connectivity index (χ1n) is 6.84. The summed E-state index contributed by atoms with van der Waals surface area (Å²) in [5.41, 5.74) is 2.74. The van der Waals surface area contributed by atoms with E-state index >= 15 is 0 Å². The van der Waals surface area contributed by atoms with Crippen LogP contribution in [0.15, 0.2) is 35.9 Å². The fraction of sp³-hybridized carbons (Fsp3) is 0.500. The Balaban J connectivity index is 1.94. The molecule has 1 fully saturated rings. The third-order valence-corrected chi connectivity index (χ3v) is 3.36. The molecule has 1 N–H and O–H groups in total. The van der Waals surface area contributed by atoms with Crippen molar-refractivity contribution in [3.63, 3.8) is 0 Å². The highest BCUT2D eigenvalue weighted by Crippen LogP contribution is 2.05. The molecule has 0 aromatic heterocycles. The zero-order valence-corrected chi connectivity index (χ0v) is 11.6. The number of morpholine rings is 1. The first-order valence-corrected chi connectivity index (χ1v) is 6.84. The molecule has 1 aromatic carbocycles. The summed E-state index contributed by atoms with van der Waals surface area (Å²) in [4.78, 5) is 1.63. The quantitative estimate of drug-likeness (QED) is 0.858.